The normalized spacial score (nSPS) is 16.1. The quantitative estimate of drug-likeness (QED) is 0.384. The molecule has 0 saturated carbocycles. The second kappa shape index (κ2) is 11.5. The maximum absolute atomic E-state index is 13.1. The molecule has 0 bridgehead atoms. The number of ether oxygens (including phenoxy) is 1. The van der Waals surface area contributed by atoms with Crippen molar-refractivity contribution in [3.63, 3.8) is 0 Å². The fourth-order valence-electron chi connectivity index (χ4n) is 5.39. The molecular weight excluding hydrogens is 522 g/mol. The van der Waals surface area contributed by atoms with Crippen LogP contribution in [-0.4, -0.2) is 88.0 Å². The molecule has 12 nitrogen and oxygen atoms in total. The van der Waals surface area contributed by atoms with E-state index in [1.165, 1.54) is 0 Å². The number of fused-ring (bicyclic) bond motifs is 1. The molecule has 3 aromatic heterocycles. The zero-order valence-corrected chi connectivity index (χ0v) is 23.2. The molecular formula is C29H33N9O3. The number of aromatic nitrogens is 5. The molecule has 3 amide bonds. The summed E-state index contributed by atoms with van der Waals surface area (Å²) in [6, 6.07) is 9.16. The first-order valence-electron chi connectivity index (χ1n) is 13.9. The summed E-state index contributed by atoms with van der Waals surface area (Å²) in [7, 11) is 1.58. The Bertz CT molecular complexity index is 1560. The topological polar surface area (TPSA) is 130 Å². The molecule has 0 spiro atoms. The second-order valence-corrected chi connectivity index (χ2v) is 10.3. The van der Waals surface area contributed by atoms with Gasteiger partial charge in [-0.05, 0) is 55.7 Å². The van der Waals surface area contributed by atoms with Gasteiger partial charge in [-0.3, -0.25) is 9.78 Å². The number of hydrogen-bond donors (Lipinski definition) is 2. The van der Waals surface area contributed by atoms with Gasteiger partial charge in [0.15, 0.2) is 11.5 Å². The number of hydrogen-bond acceptors (Lipinski definition) is 8. The maximum Gasteiger partial charge on any atom is 0.318 e. The molecule has 12 heteroatoms. The average Bonchev–Trinajstić information content (AvgIpc) is 3.45. The van der Waals surface area contributed by atoms with Crippen molar-refractivity contribution < 1.29 is 14.3 Å². The molecule has 4 aromatic rings. The number of pyridine rings is 1. The largest absolute Gasteiger partial charge is 0.378 e. The molecule has 212 valence electrons. The van der Waals surface area contributed by atoms with Crippen molar-refractivity contribution in [3.05, 3.63) is 60.0 Å². The van der Waals surface area contributed by atoms with Gasteiger partial charge in [-0.2, -0.15) is 5.10 Å². The lowest BCUT2D eigenvalue weighted by Gasteiger charge is -2.32. The van der Waals surface area contributed by atoms with E-state index in [2.05, 4.69) is 20.5 Å². The van der Waals surface area contributed by atoms with Crippen molar-refractivity contribution in [3.8, 4) is 11.4 Å². The van der Waals surface area contributed by atoms with Crippen LogP contribution in [0.3, 0.4) is 0 Å². The van der Waals surface area contributed by atoms with Gasteiger partial charge >= 0.3 is 6.03 Å². The number of urea groups is 1. The van der Waals surface area contributed by atoms with E-state index in [1.807, 2.05) is 53.0 Å². The second-order valence-electron chi connectivity index (χ2n) is 10.3. The lowest BCUT2D eigenvalue weighted by molar-refractivity contribution is 0.0690. The number of carbonyl (C=O) groups excluding carboxylic acids is 2. The van der Waals surface area contributed by atoms with Crippen LogP contribution in [0.25, 0.3) is 22.4 Å². The van der Waals surface area contributed by atoms with Crippen LogP contribution in [0, 0.1) is 6.92 Å². The molecule has 0 atom stereocenters. The van der Waals surface area contributed by atoms with Gasteiger partial charge in [-0.1, -0.05) is 0 Å². The zero-order chi connectivity index (χ0) is 28.3. The lowest BCUT2D eigenvalue weighted by atomic mass is 10.0. The third kappa shape index (κ3) is 5.42. The van der Waals surface area contributed by atoms with E-state index in [0.29, 0.717) is 43.4 Å². The first-order chi connectivity index (χ1) is 20.0. The number of likely N-dealkylation sites (tertiary alicyclic amines) is 1. The van der Waals surface area contributed by atoms with Gasteiger partial charge < -0.3 is 25.2 Å². The Balaban J connectivity index is 1.30. The Morgan fingerprint density at radius 3 is 2.44 bits per heavy atom. The predicted octanol–water partition coefficient (Wildman–Crippen LogP) is 3.26. The summed E-state index contributed by atoms with van der Waals surface area (Å²) < 4.78 is 7.59. The third-order valence-corrected chi connectivity index (χ3v) is 7.74. The Morgan fingerprint density at radius 1 is 0.976 bits per heavy atom. The third-order valence-electron chi connectivity index (χ3n) is 7.74. The molecule has 2 aliphatic rings. The van der Waals surface area contributed by atoms with Crippen LogP contribution in [-0.2, 0) is 4.74 Å². The SMILES string of the molecule is CNC(=O)Nc1ccc(-c2nc(N3CCOCC3)c3cnn(C4CCN(C(=O)c5cnccc5C)CC4)c3n2)cc1. The van der Waals surface area contributed by atoms with E-state index in [0.717, 1.165) is 53.9 Å². The van der Waals surface area contributed by atoms with E-state index in [4.69, 9.17) is 19.8 Å². The minimum Gasteiger partial charge on any atom is -0.378 e. The fraction of sp³-hybridized carbons (Fsp3) is 0.379. The highest BCUT2D eigenvalue weighted by molar-refractivity contribution is 5.95. The fourth-order valence-corrected chi connectivity index (χ4v) is 5.39. The van der Waals surface area contributed by atoms with Crippen molar-refractivity contribution in [1.29, 1.82) is 0 Å². The summed E-state index contributed by atoms with van der Waals surface area (Å²) in [6.07, 6.45) is 6.76. The number of piperidine rings is 1. The number of rotatable bonds is 5. The van der Waals surface area contributed by atoms with Crippen molar-refractivity contribution in [1.82, 2.24) is 34.9 Å². The molecule has 2 fully saturated rings. The van der Waals surface area contributed by atoms with E-state index in [1.54, 1.807) is 19.4 Å². The summed E-state index contributed by atoms with van der Waals surface area (Å²) in [6.45, 7) is 5.95. The molecule has 2 N–H and O–H groups in total. The molecule has 2 saturated heterocycles. The van der Waals surface area contributed by atoms with Crippen LogP contribution in [0.15, 0.2) is 48.9 Å². The van der Waals surface area contributed by atoms with Gasteiger partial charge in [0.25, 0.3) is 5.91 Å². The highest BCUT2D eigenvalue weighted by atomic mass is 16.5. The molecule has 1 aromatic carbocycles. The predicted molar refractivity (Wildman–Crippen MR) is 155 cm³/mol. The smallest absolute Gasteiger partial charge is 0.318 e. The summed E-state index contributed by atoms with van der Waals surface area (Å²) >= 11 is 0. The van der Waals surface area contributed by atoms with Crippen LogP contribution >= 0.6 is 0 Å². The van der Waals surface area contributed by atoms with Crippen molar-refractivity contribution in [2.24, 2.45) is 0 Å². The average molecular weight is 556 g/mol. The molecule has 41 heavy (non-hydrogen) atoms. The summed E-state index contributed by atoms with van der Waals surface area (Å²) in [4.78, 5) is 43.1. The van der Waals surface area contributed by atoms with E-state index in [-0.39, 0.29) is 18.0 Å². The summed E-state index contributed by atoms with van der Waals surface area (Å²) in [5.41, 5.74) is 3.87. The Morgan fingerprint density at radius 2 is 1.73 bits per heavy atom. The maximum atomic E-state index is 13.1. The monoisotopic (exact) mass is 555 g/mol. The molecule has 0 aliphatic carbocycles. The lowest BCUT2D eigenvalue weighted by Crippen LogP contribution is -2.39. The Kier molecular flexibility index (Phi) is 7.47. The summed E-state index contributed by atoms with van der Waals surface area (Å²) in [5.74, 6) is 1.45. The van der Waals surface area contributed by atoms with E-state index in [9.17, 15) is 9.59 Å². The summed E-state index contributed by atoms with van der Waals surface area (Å²) in [5, 5.41) is 11.0. The standard InChI is InChI=1S/C29H33N9O3/c1-19-7-10-31-17-23(19)28(39)37-11-8-22(9-12-37)38-27-24(18-32-38)26(36-13-15-41-16-14-36)34-25(35-27)20-3-5-21(6-4-20)33-29(40)30-2/h3-7,10,17-18,22H,8-9,11-16H2,1-2H3,(H2,30,33,40). The van der Waals surface area contributed by atoms with Gasteiger partial charge in [-0.15, -0.1) is 0 Å². The van der Waals surface area contributed by atoms with E-state index < -0.39 is 0 Å². The number of aryl methyl sites for hydroxylation is 1. The van der Waals surface area contributed by atoms with Gasteiger partial charge in [0.1, 0.15) is 5.82 Å². The number of carbonyl (C=O) groups is 2. The molecule has 0 radical (unpaired) electrons. The van der Waals surface area contributed by atoms with Gasteiger partial charge in [0.05, 0.1) is 36.4 Å². The van der Waals surface area contributed by atoms with Crippen LogP contribution < -0.4 is 15.5 Å². The molecule has 5 heterocycles. The molecule has 6 rings (SSSR count). The zero-order valence-electron chi connectivity index (χ0n) is 23.2. The van der Waals surface area contributed by atoms with Crippen LogP contribution in [0.2, 0.25) is 0 Å². The molecule has 0 unspecified atom stereocenters. The highest BCUT2D eigenvalue weighted by Gasteiger charge is 2.28. The number of benzene rings is 1. The van der Waals surface area contributed by atoms with Crippen LogP contribution in [0.1, 0.15) is 34.8 Å². The minimum absolute atomic E-state index is 0.0212. The van der Waals surface area contributed by atoms with E-state index >= 15 is 0 Å². The first kappa shape index (κ1) is 26.6. The van der Waals surface area contributed by atoms with Crippen LogP contribution in [0.4, 0.5) is 16.3 Å². The highest BCUT2D eigenvalue weighted by Crippen LogP contribution is 2.32. The van der Waals surface area contributed by atoms with Crippen molar-refractivity contribution in [2.75, 3.05) is 56.7 Å². The number of anilines is 2. The van der Waals surface area contributed by atoms with Gasteiger partial charge in [0.2, 0.25) is 0 Å². The Hall–Kier alpha value is -4.58. The van der Waals surface area contributed by atoms with Crippen molar-refractivity contribution in [2.45, 2.75) is 25.8 Å². The van der Waals surface area contributed by atoms with Gasteiger partial charge in [-0.25, -0.2) is 19.4 Å². The number of nitrogens with zero attached hydrogens (tertiary/aromatic N) is 7. The Labute approximate surface area is 237 Å². The van der Waals surface area contributed by atoms with Crippen LogP contribution in [0.5, 0.6) is 0 Å². The number of morpholine rings is 1. The van der Waals surface area contributed by atoms with Crippen molar-refractivity contribution >= 4 is 34.5 Å². The minimum atomic E-state index is -0.280. The first-order valence-corrected chi connectivity index (χ1v) is 13.9. The van der Waals surface area contributed by atoms with Gasteiger partial charge in [0, 0.05) is 56.9 Å². The molecule has 2 aliphatic heterocycles. The number of nitrogens with one attached hydrogen (secondary N) is 2. The number of amides is 3.